The summed E-state index contributed by atoms with van der Waals surface area (Å²) in [6.45, 7) is 2.86. The van der Waals surface area contributed by atoms with Crippen molar-refractivity contribution in [1.82, 2.24) is 5.32 Å². The van der Waals surface area contributed by atoms with E-state index in [2.05, 4.69) is 5.32 Å². The number of primary sulfonamides is 1. The van der Waals surface area contributed by atoms with Crippen molar-refractivity contribution in [3.05, 3.63) is 28.3 Å². The largest absolute Gasteiger partial charge is 0.381 e. The Kier molecular flexibility index (Phi) is 4.88. The first-order valence-electron chi connectivity index (χ1n) is 6.50. The van der Waals surface area contributed by atoms with E-state index >= 15 is 0 Å². The first kappa shape index (κ1) is 16.2. The Bertz CT molecular complexity index is 654. The summed E-state index contributed by atoms with van der Waals surface area (Å²) < 4.78 is 28.1. The topological polar surface area (TPSA) is 98.5 Å². The number of carbonyl (C=O) groups excluding carboxylic acids is 1. The summed E-state index contributed by atoms with van der Waals surface area (Å²) in [6, 6.07) is 2.52. The molecular formula is C13H17ClN2O4S. The molecule has 0 unspecified atom stereocenters. The fourth-order valence-electron chi connectivity index (χ4n) is 2.16. The summed E-state index contributed by atoms with van der Waals surface area (Å²) in [6.07, 6.45) is 1.46. The van der Waals surface area contributed by atoms with Crippen LogP contribution in [0.3, 0.4) is 0 Å². The number of amides is 1. The average Bonchev–Trinajstić information content (AvgIpc) is 2.41. The number of rotatable bonds is 3. The van der Waals surface area contributed by atoms with Crippen LogP contribution in [0.15, 0.2) is 17.0 Å². The first-order valence-corrected chi connectivity index (χ1v) is 8.43. The molecule has 2 rings (SSSR count). The van der Waals surface area contributed by atoms with Crippen molar-refractivity contribution in [1.29, 1.82) is 0 Å². The minimum Gasteiger partial charge on any atom is -0.381 e. The number of sulfonamides is 1. The molecule has 6 nitrogen and oxygen atoms in total. The molecule has 0 atom stereocenters. The fourth-order valence-corrected chi connectivity index (χ4v) is 3.01. The zero-order valence-electron chi connectivity index (χ0n) is 11.6. The van der Waals surface area contributed by atoms with Gasteiger partial charge in [0.15, 0.2) is 0 Å². The molecule has 1 saturated heterocycles. The molecule has 1 heterocycles. The zero-order valence-corrected chi connectivity index (χ0v) is 13.1. The number of benzene rings is 1. The van der Waals surface area contributed by atoms with E-state index in [0.29, 0.717) is 18.8 Å². The lowest BCUT2D eigenvalue weighted by atomic mass is 10.1. The Balaban J connectivity index is 2.29. The summed E-state index contributed by atoms with van der Waals surface area (Å²) in [7, 11) is -3.92. The molecule has 0 bridgehead atoms. The second kappa shape index (κ2) is 6.31. The average molecular weight is 333 g/mol. The van der Waals surface area contributed by atoms with Gasteiger partial charge in [-0.1, -0.05) is 11.6 Å². The van der Waals surface area contributed by atoms with Gasteiger partial charge in [0.25, 0.3) is 5.91 Å². The molecule has 116 valence electrons. The Morgan fingerprint density at radius 3 is 2.57 bits per heavy atom. The van der Waals surface area contributed by atoms with Crippen LogP contribution in [0.1, 0.15) is 28.8 Å². The number of hydrogen-bond donors (Lipinski definition) is 2. The predicted octanol–water partition coefficient (Wildman–Crippen LogP) is 1.20. The van der Waals surface area contributed by atoms with Gasteiger partial charge in [0, 0.05) is 29.8 Å². The third-order valence-electron chi connectivity index (χ3n) is 3.45. The normalized spacial score (nSPS) is 16.7. The van der Waals surface area contributed by atoms with E-state index in [0.717, 1.165) is 12.8 Å². The maximum atomic E-state index is 12.3. The van der Waals surface area contributed by atoms with Crippen LogP contribution in [-0.2, 0) is 14.8 Å². The third kappa shape index (κ3) is 3.94. The molecule has 1 aromatic rings. The smallest absolute Gasteiger partial charge is 0.251 e. The highest BCUT2D eigenvalue weighted by molar-refractivity contribution is 7.89. The highest BCUT2D eigenvalue weighted by Gasteiger charge is 2.21. The number of halogens is 1. The zero-order chi connectivity index (χ0) is 15.6. The van der Waals surface area contributed by atoms with Crippen molar-refractivity contribution in [3.63, 3.8) is 0 Å². The lowest BCUT2D eigenvalue weighted by molar-refractivity contribution is 0.0696. The van der Waals surface area contributed by atoms with E-state index in [9.17, 15) is 13.2 Å². The summed E-state index contributed by atoms with van der Waals surface area (Å²) in [5.41, 5.74) is 0.742. The number of hydrogen-bond acceptors (Lipinski definition) is 4. The van der Waals surface area contributed by atoms with E-state index in [-0.39, 0.29) is 27.4 Å². The highest BCUT2D eigenvalue weighted by atomic mass is 35.5. The monoisotopic (exact) mass is 332 g/mol. The Morgan fingerprint density at radius 2 is 2.00 bits per heavy atom. The molecule has 1 aliphatic heterocycles. The Labute approximate surface area is 128 Å². The molecule has 1 fully saturated rings. The number of ether oxygens (including phenoxy) is 1. The van der Waals surface area contributed by atoms with Gasteiger partial charge in [-0.3, -0.25) is 4.79 Å². The maximum absolute atomic E-state index is 12.3. The lowest BCUT2D eigenvalue weighted by Gasteiger charge is -2.23. The van der Waals surface area contributed by atoms with E-state index in [1.807, 2.05) is 0 Å². The van der Waals surface area contributed by atoms with E-state index in [1.54, 1.807) is 6.92 Å². The minimum absolute atomic E-state index is 0.0163. The van der Waals surface area contributed by atoms with Crippen molar-refractivity contribution in [2.75, 3.05) is 13.2 Å². The van der Waals surface area contributed by atoms with Crippen LogP contribution in [0.2, 0.25) is 5.02 Å². The Hall–Kier alpha value is -1.15. The standard InChI is InChI=1S/C13H17ClN2O4S/c1-8-11(6-10(7-12(8)14)21(15,18)19)13(17)16-9-2-4-20-5-3-9/h6-7,9H,2-5H2,1H3,(H,16,17)(H2,15,18,19). The van der Waals surface area contributed by atoms with Crippen LogP contribution < -0.4 is 10.5 Å². The molecule has 0 saturated carbocycles. The summed E-state index contributed by atoms with van der Waals surface area (Å²) in [5, 5.41) is 8.16. The van der Waals surface area contributed by atoms with E-state index < -0.39 is 10.0 Å². The second-order valence-electron chi connectivity index (χ2n) is 4.98. The molecule has 21 heavy (non-hydrogen) atoms. The highest BCUT2D eigenvalue weighted by Crippen LogP contribution is 2.24. The molecule has 0 spiro atoms. The van der Waals surface area contributed by atoms with Gasteiger partial charge in [-0.25, -0.2) is 13.6 Å². The molecule has 8 heteroatoms. The molecule has 0 radical (unpaired) electrons. The van der Waals surface area contributed by atoms with Crippen molar-refractivity contribution >= 4 is 27.5 Å². The van der Waals surface area contributed by atoms with Gasteiger partial charge in [-0.05, 0) is 37.5 Å². The molecule has 0 aromatic heterocycles. The van der Waals surface area contributed by atoms with E-state index in [4.69, 9.17) is 21.5 Å². The third-order valence-corrected chi connectivity index (χ3v) is 4.73. The van der Waals surface area contributed by atoms with Gasteiger partial charge < -0.3 is 10.1 Å². The van der Waals surface area contributed by atoms with Gasteiger partial charge in [0.1, 0.15) is 0 Å². The number of nitrogens with two attached hydrogens (primary N) is 1. The number of carbonyl (C=O) groups is 1. The predicted molar refractivity (Wildman–Crippen MR) is 78.9 cm³/mol. The molecule has 3 N–H and O–H groups in total. The van der Waals surface area contributed by atoms with Gasteiger partial charge in [0.2, 0.25) is 10.0 Å². The minimum atomic E-state index is -3.92. The molecule has 1 aromatic carbocycles. The van der Waals surface area contributed by atoms with Crippen molar-refractivity contribution in [3.8, 4) is 0 Å². The van der Waals surface area contributed by atoms with Crippen LogP contribution in [0.5, 0.6) is 0 Å². The Morgan fingerprint density at radius 1 is 1.38 bits per heavy atom. The molecule has 1 amide bonds. The van der Waals surface area contributed by atoms with Crippen molar-refractivity contribution in [2.24, 2.45) is 5.14 Å². The fraction of sp³-hybridized carbons (Fsp3) is 0.462. The summed E-state index contributed by atoms with van der Waals surface area (Å²) >= 11 is 5.99. The molecular weight excluding hydrogens is 316 g/mol. The SMILES string of the molecule is Cc1c(Cl)cc(S(N)(=O)=O)cc1C(=O)NC1CCOCC1. The van der Waals surface area contributed by atoms with Gasteiger partial charge in [-0.2, -0.15) is 0 Å². The van der Waals surface area contributed by atoms with Crippen LogP contribution >= 0.6 is 11.6 Å². The van der Waals surface area contributed by atoms with Crippen LogP contribution in [0.4, 0.5) is 0 Å². The van der Waals surface area contributed by atoms with Gasteiger partial charge in [0.05, 0.1) is 4.90 Å². The molecule has 1 aliphatic rings. The van der Waals surface area contributed by atoms with Crippen LogP contribution in [0, 0.1) is 6.92 Å². The first-order chi connectivity index (χ1) is 9.79. The second-order valence-corrected chi connectivity index (χ2v) is 6.95. The van der Waals surface area contributed by atoms with Crippen molar-refractivity contribution in [2.45, 2.75) is 30.7 Å². The van der Waals surface area contributed by atoms with Crippen molar-refractivity contribution < 1.29 is 17.9 Å². The quantitative estimate of drug-likeness (QED) is 0.869. The van der Waals surface area contributed by atoms with E-state index in [1.165, 1.54) is 12.1 Å². The summed E-state index contributed by atoms with van der Waals surface area (Å²) in [4.78, 5) is 12.1. The van der Waals surface area contributed by atoms with Gasteiger partial charge >= 0.3 is 0 Å². The number of nitrogens with one attached hydrogen (secondary N) is 1. The van der Waals surface area contributed by atoms with Crippen LogP contribution in [-0.4, -0.2) is 33.6 Å². The summed E-state index contributed by atoms with van der Waals surface area (Å²) in [5.74, 6) is -0.355. The van der Waals surface area contributed by atoms with Gasteiger partial charge in [-0.15, -0.1) is 0 Å². The molecule has 0 aliphatic carbocycles. The maximum Gasteiger partial charge on any atom is 0.251 e. The lowest BCUT2D eigenvalue weighted by Crippen LogP contribution is -2.39. The van der Waals surface area contributed by atoms with Crippen LogP contribution in [0.25, 0.3) is 0 Å².